The number of anilines is 2. The number of carbonyl (C=O) groups excluding carboxylic acids is 1. The van der Waals surface area contributed by atoms with Crippen LogP contribution in [0.5, 0.6) is 0 Å². The summed E-state index contributed by atoms with van der Waals surface area (Å²) in [5.41, 5.74) is 0.763. The third-order valence-electron chi connectivity index (χ3n) is 5.10. The molecule has 0 radical (unpaired) electrons. The molecule has 10 heteroatoms. The maximum Gasteiger partial charge on any atom is 0.331 e. The zero-order chi connectivity index (χ0) is 23.5. The fraction of sp³-hybridized carbons (Fsp3) is 0.318. The lowest BCUT2D eigenvalue weighted by atomic mass is 10.1. The minimum atomic E-state index is -3.48. The SMILES string of the molecule is CCCS(=O)(=O)Nc1cccc(NC(=O)Cn2c(=O)n(CC)c(=O)c3ccccc32)c1C. The average Bonchev–Trinajstić information content (AvgIpc) is 2.74. The summed E-state index contributed by atoms with van der Waals surface area (Å²) in [7, 11) is -3.48. The van der Waals surface area contributed by atoms with Crippen LogP contribution in [0.2, 0.25) is 0 Å². The first-order valence-electron chi connectivity index (χ1n) is 10.3. The minimum Gasteiger partial charge on any atom is -0.324 e. The van der Waals surface area contributed by atoms with Gasteiger partial charge in [-0.05, 0) is 50.1 Å². The fourth-order valence-electron chi connectivity index (χ4n) is 3.50. The van der Waals surface area contributed by atoms with Crippen LogP contribution in [0.25, 0.3) is 10.9 Å². The van der Waals surface area contributed by atoms with Gasteiger partial charge in [0.1, 0.15) is 6.54 Å². The summed E-state index contributed by atoms with van der Waals surface area (Å²) in [6.07, 6.45) is 0.480. The molecule has 170 valence electrons. The zero-order valence-electron chi connectivity index (χ0n) is 18.2. The number of aromatic nitrogens is 2. The van der Waals surface area contributed by atoms with Crippen LogP contribution in [0.4, 0.5) is 11.4 Å². The quantitative estimate of drug-likeness (QED) is 0.537. The Morgan fingerprint density at radius 2 is 1.66 bits per heavy atom. The van der Waals surface area contributed by atoms with Crippen LogP contribution in [-0.4, -0.2) is 29.2 Å². The van der Waals surface area contributed by atoms with Gasteiger partial charge < -0.3 is 5.32 Å². The normalized spacial score (nSPS) is 11.5. The molecule has 0 fully saturated rings. The molecule has 1 amide bonds. The van der Waals surface area contributed by atoms with Gasteiger partial charge >= 0.3 is 5.69 Å². The summed E-state index contributed by atoms with van der Waals surface area (Å²) >= 11 is 0. The molecule has 0 saturated heterocycles. The molecular weight excluding hydrogens is 432 g/mol. The maximum absolute atomic E-state index is 12.8. The number of sulfonamides is 1. The number of fused-ring (bicyclic) bond motifs is 1. The molecule has 0 aliphatic heterocycles. The van der Waals surface area contributed by atoms with E-state index in [0.717, 1.165) is 4.57 Å². The molecule has 32 heavy (non-hydrogen) atoms. The maximum atomic E-state index is 12.8. The number of hydrogen-bond donors (Lipinski definition) is 2. The average molecular weight is 459 g/mol. The Morgan fingerprint density at radius 3 is 2.34 bits per heavy atom. The van der Waals surface area contributed by atoms with Crippen LogP contribution in [0.3, 0.4) is 0 Å². The molecule has 1 heterocycles. The number of nitrogens with zero attached hydrogens (tertiary/aromatic N) is 2. The second-order valence-corrected chi connectivity index (χ2v) is 9.22. The topological polar surface area (TPSA) is 119 Å². The summed E-state index contributed by atoms with van der Waals surface area (Å²) in [5, 5.41) is 3.09. The van der Waals surface area contributed by atoms with Crippen LogP contribution < -0.4 is 21.3 Å². The molecule has 0 atom stereocenters. The second kappa shape index (κ2) is 9.39. The summed E-state index contributed by atoms with van der Waals surface area (Å²) in [5.74, 6) is -0.484. The molecule has 3 aromatic rings. The van der Waals surface area contributed by atoms with E-state index in [4.69, 9.17) is 0 Å². The van der Waals surface area contributed by atoms with E-state index >= 15 is 0 Å². The molecular formula is C22H26N4O5S. The number of carbonyl (C=O) groups is 1. The minimum absolute atomic E-state index is 0.00778. The smallest absolute Gasteiger partial charge is 0.324 e. The Hall–Kier alpha value is -3.40. The number of hydrogen-bond acceptors (Lipinski definition) is 5. The Balaban J connectivity index is 1.92. The monoisotopic (exact) mass is 458 g/mol. The van der Waals surface area contributed by atoms with Crippen molar-refractivity contribution in [3.8, 4) is 0 Å². The van der Waals surface area contributed by atoms with Crippen molar-refractivity contribution in [2.24, 2.45) is 0 Å². The molecule has 0 bridgehead atoms. The molecule has 3 rings (SSSR count). The van der Waals surface area contributed by atoms with Gasteiger partial charge in [0.15, 0.2) is 0 Å². The number of para-hydroxylation sites is 1. The second-order valence-electron chi connectivity index (χ2n) is 7.38. The molecule has 0 saturated carbocycles. The highest BCUT2D eigenvalue weighted by Gasteiger charge is 2.16. The van der Waals surface area contributed by atoms with E-state index in [9.17, 15) is 22.8 Å². The fourth-order valence-corrected chi connectivity index (χ4v) is 4.70. The molecule has 0 aliphatic rings. The molecule has 0 unspecified atom stereocenters. The van der Waals surface area contributed by atoms with Gasteiger partial charge in [0.25, 0.3) is 5.56 Å². The van der Waals surface area contributed by atoms with Gasteiger partial charge in [0.05, 0.1) is 22.3 Å². The van der Waals surface area contributed by atoms with Crippen molar-refractivity contribution in [3.05, 3.63) is 68.9 Å². The first-order valence-corrected chi connectivity index (χ1v) is 12.0. The number of rotatable bonds is 8. The Morgan fingerprint density at radius 1 is 0.969 bits per heavy atom. The van der Waals surface area contributed by atoms with Gasteiger partial charge in [0.2, 0.25) is 15.9 Å². The van der Waals surface area contributed by atoms with E-state index < -0.39 is 27.2 Å². The lowest BCUT2D eigenvalue weighted by molar-refractivity contribution is -0.116. The van der Waals surface area contributed by atoms with Crippen molar-refractivity contribution in [2.75, 3.05) is 15.8 Å². The Labute approximate surface area is 185 Å². The molecule has 9 nitrogen and oxygen atoms in total. The van der Waals surface area contributed by atoms with E-state index in [1.165, 1.54) is 4.57 Å². The van der Waals surface area contributed by atoms with Crippen molar-refractivity contribution >= 4 is 38.2 Å². The van der Waals surface area contributed by atoms with Gasteiger partial charge in [0, 0.05) is 12.2 Å². The molecule has 2 aromatic carbocycles. The highest BCUT2D eigenvalue weighted by molar-refractivity contribution is 7.92. The number of benzene rings is 2. The van der Waals surface area contributed by atoms with E-state index in [0.29, 0.717) is 34.3 Å². The molecule has 0 spiro atoms. The van der Waals surface area contributed by atoms with Crippen molar-refractivity contribution in [3.63, 3.8) is 0 Å². The summed E-state index contributed by atoms with van der Waals surface area (Å²) in [4.78, 5) is 38.2. The Bertz CT molecular complexity index is 1390. The molecule has 2 N–H and O–H groups in total. The third-order valence-corrected chi connectivity index (χ3v) is 6.57. The van der Waals surface area contributed by atoms with Crippen LogP contribution >= 0.6 is 0 Å². The Kier molecular flexibility index (Phi) is 6.83. The van der Waals surface area contributed by atoms with Crippen LogP contribution in [-0.2, 0) is 27.9 Å². The van der Waals surface area contributed by atoms with Crippen LogP contribution in [0.1, 0.15) is 25.8 Å². The predicted molar refractivity (Wildman–Crippen MR) is 126 cm³/mol. The van der Waals surface area contributed by atoms with E-state index in [1.54, 1.807) is 63.2 Å². The zero-order valence-corrected chi connectivity index (χ0v) is 19.0. The highest BCUT2D eigenvalue weighted by Crippen LogP contribution is 2.24. The van der Waals surface area contributed by atoms with Crippen molar-refractivity contribution in [2.45, 2.75) is 40.3 Å². The highest BCUT2D eigenvalue weighted by atomic mass is 32.2. The third kappa shape index (κ3) is 4.75. The standard InChI is InChI=1S/C22H26N4O5S/c1-4-13-32(30,31)24-18-11-8-10-17(15(18)3)23-20(27)14-26-19-12-7-6-9-16(19)21(28)25(5-2)22(26)29/h6-12,24H,4-5,13-14H2,1-3H3,(H,23,27). The van der Waals surface area contributed by atoms with E-state index in [-0.39, 0.29) is 18.8 Å². The van der Waals surface area contributed by atoms with Gasteiger partial charge in [-0.2, -0.15) is 0 Å². The van der Waals surface area contributed by atoms with Gasteiger partial charge in [-0.3, -0.25) is 23.4 Å². The summed E-state index contributed by atoms with van der Waals surface area (Å²) < 4.78 is 29.1. The first kappa shape index (κ1) is 23.3. The molecule has 1 aromatic heterocycles. The number of amides is 1. The summed E-state index contributed by atoms with van der Waals surface area (Å²) in [6.45, 7) is 5.04. The van der Waals surface area contributed by atoms with Gasteiger partial charge in [-0.1, -0.05) is 25.1 Å². The predicted octanol–water partition coefficient (Wildman–Crippen LogP) is 2.28. The lowest BCUT2D eigenvalue weighted by Gasteiger charge is -2.16. The summed E-state index contributed by atoms with van der Waals surface area (Å²) in [6, 6.07) is 11.5. The number of nitrogens with one attached hydrogen (secondary N) is 2. The van der Waals surface area contributed by atoms with Gasteiger partial charge in [-0.15, -0.1) is 0 Å². The lowest BCUT2D eigenvalue weighted by Crippen LogP contribution is -2.41. The van der Waals surface area contributed by atoms with Crippen molar-refractivity contribution in [1.29, 1.82) is 0 Å². The van der Waals surface area contributed by atoms with Crippen molar-refractivity contribution < 1.29 is 13.2 Å². The van der Waals surface area contributed by atoms with Gasteiger partial charge in [-0.25, -0.2) is 13.2 Å². The largest absolute Gasteiger partial charge is 0.331 e. The van der Waals surface area contributed by atoms with Crippen LogP contribution in [0, 0.1) is 6.92 Å². The van der Waals surface area contributed by atoms with E-state index in [2.05, 4.69) is 10.0 Å². The van der Waals surface area contributed by atoms with Crippen molar-refractivity contribution in [1.82, 2.24) is 9.13 Å². The van der Waals surface area contributed by atoms with Crippen LogP contribution in [0.15, 0.2) is 52.1 Å². The van der Waals surface area contributed by atoms with E-state index in [1.807, 2.05) is 0 Å². The molecule has 0 aliphatic carbocycles. The first-order chi connectivity index (χ1) is 15.2.